The van der Waals surface area contributed by atoms with Crippen LogP contribution in [0.4, 0.5) is 8.78 Å². The second-order valence-electron chi connectivity index (χ2n) is 5.13. The van der Waals surface area contributed by atoms with Crippen LogP contribution in [-0.4, -0.2) is 11.6 Å². The number of fused-ring (bicyclic) bond motifs is 1. The van der Waals surface area contributed by atoms with Crippen molar-refractivity contribution in [2.75, 3.05) is 0 Å². The van der Waals surface area contributed by atoms with E-state index in [0.29, 0.717) is 10.8 Å². The first-order valence-electron chi connectivity index (χ1n) is 7.02. The molecule has 3 aromatic carbocycles. The summed E-state index contributed by atoms with van der Waals surface area (Å²) in [7, 11) is 0. The summed E-state index contributed by atoms with van der Waals surface area (Å²) in [5, 5.41) is 1.20. The van der Waals surface area contributed by atoms with Gasteiger partial charge in [0.25, 0.3) is 5.78 Å². The van der Waals surface area contributed by atoms with Crippen LogP contribution in [0.1, 0.15) is 15.9 Å². The number of Topliss-reactive ketones (excluding diaryl/α,β-unsaturated/α-hetero) is 2. The van der Waals surface area contributed by atoms with Crippen molar-refractivity contribution in [3.8, 4) is 0 Å². The van der Waals surface area contributed by atoms with Gasteiger partial charge in [-0.25, -0.2) is 0 Å². The monoisotopic (exact) mass is 310 g/mol. The van der Waals surface area contributed by atoms with Crippen LogP contribution in [0.25, 0.3) is 10.8 Å². The van der Waals surface area contributed by atoms with Crippen LogP contribution in [0.2, 0.25) is 0 Å². The van der Waals surface area contributed by atoms with Gasteiger partial charge >= 0.3 is 5.92 Å². The normalized spacial score (nSPS) is 11.4. The minimum absolute atomic E-state index is 0.0105. The van der Waals surface area contributed by atoms with Crippen LogP contribution >= 0.6 is 0 Å². The maximum absolute atomic E-state index is 14.3. The zero-order valence-electron chi connectivity index (χ0n) is 12.0. The maximum atomic E-state index is 14.3. The Morgan fingerprint density at radius 1 is 0.739 bits per heavy atom. The Kier molecular flexibility index (Phi) is 3.74. The van der Waals surface area contributed by atoms with Crippen LogP contribution in [0.5, 0.6) is 0 Å². The highest BCUT2D eigenvalue weighted by atomic mass is 19.3. The number of hydrogen-bond acceptors (Lipinski definition) is 2. The minimum atomic E-state index is -3.85. The summed E-state index contributed by atoms with van der Waals surface area (Å²) in [6.45, 7) is 0. The third-order valence-corrected chi connectivity index (χ3v) is 3.66. The highest BCUT2D eigenvalue weighted by molar-refractivity contribution is 6.47. The lowest BCUT2D eigenvalue weighted by Crippen LogP contribution is -2.33. The van der Waals surface area contributed by atoms with E-state index in [1.54, 1.807) is 42.5 Å². The third kappa shape index (κ3) is 2.63. The molecule has 0 aromatic heterocycles. The van der Waals surface area contributed by atoms with Crippen LogP contribution in [0.3, 0.4) is 0 Å². The number of benzene rings is 3. The summed E-state index contributed by atoms with van der Waals surface area (Å²) in [5.41, 5.74) is -0.498. The predicted molar refractivity (Wildman–Crippen MR) is 83.6 cm³/mol. The molecule has 0 radical (unpaired) electrons. The number of carbonyl (C=O) groups excluding carboxylic acids is 2. The second kappa shape index (κ2) is 5.72. The average molecular weight is 310 g/mol. The largest absolute Gasteiger partial charge is 0.338 e. The van der Waals surface area contributed by atoms with Gasteiger partial charge in [-0.1, -0.05) is 72.8 Å². The molecule has 23 heavy (non-hydrogen) atoms. The topological polar surface area (TPSA) is 34.1 Å². The Hall–Kier alpha value is -2.88. The molecule has 0 saturated carbocycles. The third-order valence-electron chi connectivity index (χ3n) is 3.66. The van der Waals surface area contributed by atoms with Crippen molar-refractivity contribution in [1.82, 2.24) is 0 Å². The summed E-state index contributed by atoms with van der Waals surface area (Å²) in [6, 6.07) is 18.2. The molecule has 0 aliphatic rings. The van der Waals surface area contributed by atoms with Crippen LogP contribution in [-0.2, 0) is 10.7 Å². The molecule has 0 aliphatic heterocycles. The van der Waals surface area contributed by atoms with E-state index in [4.69, 9.17) is 0 Å². The Balaban J connectivity index is 2.04. The first kappa shape index (κ1) is 15.0. The number of rotatable bonds is 4. The molecule has 114 valence electrons. The van der Waals surface area contributed by atoms with Gasteiger partial charge in [-0.3, -0.25) is 9.59 Å². The molecule has 0 amide bonds. The molecule has 0 spiro atoms. The smallest absolute Gasteiger partial charge is 0.285 e. The molecule has 0 N–H and O–H groups in total. The van der Waals surface area contributed by atoms with Crippen molar-refractivity contribution in [1.29, 1.82) is 0 Å². The molecule has 0 atom stereocenters. The number of alkyl halides is 2. The molecule has 0 bridgehead atoms. The average Bonchev–Trinajstić information content (AvgIpc) is 2.60. The van der Waals surface area contributed by atoms with Crippen molar-refractivity contribution < 1.29 is 18.4 Å². The van der Waals surface area contributed by atoms with E-state index >= 15 is 0 Å². The maximum Gasteiger partial charge on any atom is 0.338 e. The van der Waals surface area contributed by atoms with E-state index in [1.807, 2.05) is 0 Å². The van der Waals surface area contributed by atoms with Crippen molar-refractivity contribution in [3.63, 3.8) is 0 Å². The van der Waals surface area contributed by atoms with Crippen LogP contribution in [0.15, 0.2) is 72.8 Å². The molecule has 4 heteroatoms. The summed E-state index contributed by atoms with van der Waals surface area (Å²) < 4.78 is 28.6. The number of carbonyl (C=O) groups is 2. The molecule has 2 nitrogen and oxygen atoms in total. The fourth-order valence-electron chi connectivity index (χ4n) is 2.47. The van der Waals surface area contributed by atoms with Gasteiger partial charge in [0.05, 0.1) is 0 Å². The van der Waals surface area contributed by atoms with E-state index in [1.165, 1.54) is 18.2 Å². The summed E-state index contributed by atoms with van der Waals surface area (Å²) in [5.74, 6) is -6.76. The SMILES string of the molecule is O=C(C(=O)C(F)(F)c1ccccc1)c1cccc2ccccc12. The zero-order chi connectivity index (χ0) is 16.4. The van der Waals surface area contributed by atoms with Gasteiger partial charge in [-0.15, -0.1) is 0 Å². The Labute approximate surface area is 131 Å². The van der Waals surface area contributed by atoms with Crippen molar-refractivity contribution >= 4 is 22.3 Å². The molecule has 3 rings (SSSR count). The fraction of sp³-hybridized carbons (Fsp3) is 0.0526. The number of ketones is 2. The molecule has 0 fully saturated rings. The van der Waals surface area contributed by atoms with Gasteiger partial charge in [0.15, 0.2) is 0 Å². The van der Waals surface area contributed by atoms with E-state index in [2.05, 4.69) is 0 Å². The predicted octanol–water partition coefficient (Wildman–Crippen LogP) is 4.38. The van der Waals surface area contributed by atoms with E-state index in [-0.39, 0.29) is 5.56 Å². The Bertz CT molecular complexity index is 881. The summed E-state index contributed by atoms with van der Waals surface area (Å²) >= 11 is 0. The van der Waals surface area contributed by atoms with Crippen molar-refractivity contribution in [2.24, 2.45) is 0 Å². The number of halogens is 2. The molecule has 0 saturated heterocycles. The Morgan fingerprint density at radius 3 is 2.09 bits per heavy atom. The first-order valence-corrected chi connectivity index (χ1v) is 7.02. The lowest BCUT2D eigenvalue weighted by Gasteiger charge is -2.15. The van der Waals surface area contributed by atoms with Gasteiger partial charge < -0.3 is 0 Å². The highest BCUT2D eigenvalue weighted by Crippen LogP contribution is 2.31. The van der Waals surface area contributed by atoms with E-state index < -0.39 is 23.1 Å². The van der Waals surface area contributed by atoms with Gasteiger partial charge in [0.1, 0.15) is 0 Å². The van der Waals surface area contributed by atoms with Gasteiger partial charge in [0.2, 0.25) is 5.78 Å². The molecule has 0 unspecified atom stereocenters. The zero-order valence-corrected chi connectivity index (χ0v) is 12.0. The van der Waals surface area contributed by atoms with Gasteiger partial charge in [-0.2, -0.15) is 8.78 Å². The second-order valence-corrected chi connectivity index (χ2v) is 5.13. The molecular formula is C19H12F2O2. The van der Waals surface area contributed by atoms with Crippen molar-refractivity contribution in [3.05, 3.63) is 83.9 Å². The molecular weight excluding hydrogens is 298 g/mol. The lowest BCUT2D eigenvalue weighted by molar-refractivity contribution is -0.139. The van der Waals surface area contributed by atoms with Gasteiger partial charge in [-0.05, 0) is 10.8 Å². The van der Waals surface area contributed by atoms with Crippen LogP contribution < -0.4 is 0 Å². The van der Waals surface area contributed by atoms with Crippen molar-refractivity contribution in [2.45, 2.75) is 5.92 Å². The summed E-state index contributed by atoms with van der Waals surface area (Å²) in [4.78, 5) is 24.5. The van der Waals surface area contributed by atoms with Crippen LogP contribution in [0, 0.1) is 0 Å². The standard InChI is InChI=1S/C19H12F2O2/c20-19(21,14-9-2-1-3-10-14)18(23)17(22)16-12-6-8-13-7-4-5-11-15(13)16/h1-12H. The number of hydrogen-bond donors (Lipinski definition) is 0. The Morgan fingerprint density at radius 2 is 1.35 bits per heavy atom. The van der Waals surface area contributed by atoms with E-state index in [0.717, 1.165) is 12.1 Å². The molecule has 0 heterocycles. The summed E-state index contributed by atoms with van der Waals surface area (Å²) in [6.07, 6.45) is 0. The van der Waals surface area contributed by atoms with E-state index in [9.17, 15) is 18.4 Å². The van der Waals surface area contributed by atoms with Gasteiger partial charge in [0, 0.05) is 11.1 Å². The molecule has 3 aromatic rings. The first-order chi connectivity index (χ1) is 11.0. The quantitative estimate of drug-likeness (QED) is 0.529. The fourth-order valence-corrected chi connectivity index (χ4v) is 2.47. The highest BCUT2D eigenvalue weighted by Gasteiger charge is 2.45. The molecule has 0 aliphatic carbocycles. The lowest BCUT2D eigenvalue weighted by atomic mass is 9.94. The minimum Gasteiger partial charge on any atom is -0.285 e.